The number of aryl methyl sites for hydroxylation is 1. The summed E-state index contributed by atoms with van der Waals surface area (Å²) < 4.78 is 2.20. The Morgan fingerprint density at radius 2 is 2.19 bits per heavy atom. The molecule has 2 aliphatic rings. The highest BCUT2D eigenvalue weighted by Crippen LogP contribution is 2.41. The zero-order valence-electron chi connectivity index (χ0n) is 15.7. The molecule has 0 radical (unpaired) electrons. The molecule has 0 fully saturated rings. The molecule has 2 aromatic rings. The number of aliphatic hydroxyl groups excluding tert-OH is 1. The number of likely N-dealkylation sites (N-methyl/N-ethyl adjacent to an activating group) is 1. The van der Waals surface area contributed by atoms with E-state index in [0.717, 1.165) is 12.8 Å². The van der Waals surface area contributed by atoms with Crippen molar-refractivity contribution in [3.05, 3.63) is 41.6 Å². The predicted octanol–water partition coefficient (Wildman–Crippen LogP) is 1.94. The molecule has 2 heterocycles. The summed E-state index contributed by atoms with van der Waals surface area (Å²) in [5.74, 6) is -0.179. The van der Waals surface area contributed by atoms with Crippen molar-refractivity contribution in [3.63, 3.8) is 0 Å². The molecule has 138 valence electrons. The average molecular weight is 353 g/mol. The van der Waals surface area contributed by atoms with Crippen molar-refractivity contribution >= 4 is 22.4 Å². The minimum Gasteiger partial charge on any atom is -0.394 e. The van der Waals surface area contributed by atoms with Crippen molar-refractivity contribution in [2.75, 3.05) is 20.2 Å². The fourth-order valence-corrected chi connectivity index (χ4v) is 4.48. The van der Waals surface area contributed by atoms with Gasteiger partial charge in [0, 0.05) is 36.7 Å². The fourth-order valence-electron chi connectivity index (χ4n) is 4.48. The van der Waals surface area contributed by atoms with Gasteiger partial charge in [0.25, 0.3) is 0 Å². The highest BCUT2D eigenvalue weighted by Gasteiger charge is 2.36. The molecule has 0 bridgehead atoms. The second kappa shape index (κ2) is 6.56. The van der Waals surface area contributed by atoms with Crippen molar-refractivity contribution in [3.8, 4) is 0 Å². The molecule has 3 atom stereocenters. The molecule has 2 N–H and O–H groups in total. The van der Waals surface area contributed by atoms with Gasteiger partial charge in [-0.2, -0.15) is 0 Å². The van der Waals surface area contributed by atoms with Crippen LogP contribution in [0.5, 0.6) is 0 Å². The summed E-state index contributed by atoms with van der Waals surface area (Å²) in [4.78, 5) is 15.0. The third-order valence-corrected chi connectivity index (χ3v) is 5.97. The van der Waals surface area contributed by atoms with Crippen molar-refractivity contribution in [2.45, 2.75) is 31.8 Å². The van der Waals surface area contributed by atoms with Gasteiger partial charge >= 0.3 is 0 Å². The van der Waals surface area contributed by atoms with E-state index in [-0.39, 0.29) is 24.5 Å². The Bertz CT molecular complexity index is 879. The van der Waals surface area contributed by atoms with Crippen LogP contribution in [0.4, 0.5) is 0 Å². The molecule has 5 nitrogen and oxygen atoms in total. The molecule has 0 saturated carbocycles. The molecular formula is C21H27N3O2. The van der Waals surface area contributed by atoms with Crippen molar-refractivity contribution in [1.29, 1.82) is 0 Å². The van der Waals surface area contributed by atoms with E-state index >= 15 is 0 Å². The smallest absolute Gasteiger partial charge is 0.228 e. The molecule has 0 saturated heterocycles. The molecular weight excluding hydrogens is 326 g/mol. The molecule has 1 aromatic heterocycles. The van der Waals surface area contributed by atoms with Gasteiger partial charge in [0.2, 0.25) is 5.91 Å². The summed E-state index contributed by atoms with van der Waals surface area (Å²) in [6.07, 6.45) is 6.12. The number of carbonyl (C=O) groups excluding carboxylic acids is 1. The van der Waals surface area contributed by atoms with Crippen LogP contribution in [-0.2, 0) is 18.3 Å². The van der Waals surface area contributed by atoms with E-state index in [0.29, 0.717) is 12.6 Å². The van der Waals surface area contributed by atoms with E-state index < -0.39 is 0 Å². The van der Waals surface area contributed by atoms with Gasteiger partial charge in [-0.05, 0) is 42.7 Å². The van der Waals surface area contributed by atoms with Crippen LogP contribution in [0.25, 0.3) is 16.5 Å². The number of nitrogens with zero attached hydrogens (tertiary/aromatic N) is 2. The van der Waals surface area contributed by atoms with Gasteiger partial charge in [0.1, 0.15) is 0 Å². The lowest BCUT2D eigenvalue weighted by Crippen LogP contribution is -2.48. The summed E-state index contributed by atoms with van der Waals surface area (Å²) in [5.41, 5.74) is 5.16. The van der Waals surface area contributed by atoms with Crippen LogP contribution in [-0.4, -0.2) is 52.8 Å². The summed E-state index contributed by atoms with van der Waals surface area (Å²) in [6.45, 7) is 2.66. The van der Waals surface area contributed by atoms with E-state index in [1.807, 2.05) is 6.92 Å². The van der Waals surface area contributed by atoms with Crippen LogP contribution >= 0.6 is 0 Å². The maximum Gasteiger partial charge on any atom is 0.228 e. The Morgan fingerprint density at radius 3 is 2.92 bits per heavy atom. The van der Waals surface area contributed by atoms with Gasteiger partial charge in [0.05, 0.1) is 18.6 Å². The second-order valence-electron chi connectivity index (χ2n) is 7.65. The minimum absolute atomic E-state index is 0.00901. The number of rotatable bonds is 4. The highest BCUT2D eigenvalue weighted by molar-refractivity contribution is 5.99. The Kier molecular flexibility index (Phi) is 4.37. The number of fused-ring (bicyclic) bond motifs is 2. The molecule has 4 rings (SSSR count). The van der Waals surface area contributed by atoms with Crippen molar-refractivity contribution < 1.29 is 9.90 Å². The Morgan fingerprint density at radius 1 is 1.38 bits per heavy atom. The maximum atomic E-state index is 12.7. The Labute approximate surface area is 154 Å². The third kappa shape index (κ3) is 2.66. The maximum absolute atomic E-state index is 12.7. The van der Waals surface area contributed by atoms with Gasteiger partial charge in [0.15, 0.2) is 0 Å². The van der Waals surface area contributed by atoms with Gasteiger partial charge in [-0.3, -0.25) is 9.69 Å². The van der Waals surface area contributed by atoms with Crippen molar-refractivity contribution in [2.24, 2.45) is 13.0 Å². The molecule has 1 amide bonds. The first kappa shape index (κ1) is 17.3. The number of nitrogens with one attached hydrogen (secondary N) is 1. The van der Waals surface area contributed by atoms with Crippen LogP contribution in [0.2, 0.25) is 0 Å². The molecule has 26 heavy (non-hydrogen) atoms. The van der Waals surface area contributed by atoms with E-state index in [1.165, 1.54) is 27.6 Å². The first-order valence-electron chi connectivity index (χ1n) is 9.44. The standard InChI is InChI=1S/C21H27N3O2/c1-4-15(12-25)22-21(26)14-8-17-16-6-5-7-18-20(16)13(10-23(18)2)9-19(17)24(3)11-14/h5-8,10,14-15,19,25H,4,9,11-12H2,1-3H3,(H,22,26)/t14-,15-,19+/m1/s1. The van der Waals surface area contributed by atoms with E-state index in [9.17, 15) is 9.90 Å². The number of aliphatic hydroxyl groups is 1. The van der Waals surface area contributed by atoms with E-state index in [2.05, 4.69) is 59.4 Å². The molecule has 5 heteroatoms. The zero-order chi connectivity index (χ0) is 18.4. The highest BCUT2D eigenvalue weighted by atomic mass is 16.3. The topological polar surface area (TPSA) is 57.5 Å². The summed E-state index contributed by atoms with van der Waals surface area (Å²) in [5, 5.41) is 13.7. The normalized spacial score (nSPS) is 23.5. The number of carbonyl (C=O) groups is 1. The molecule has 0 spiro atoms. The lowest BCUT2D eigenvalue weighted by atomic mass is 9.80. The Hall–Kier alpha value is -2.11. The summed E-state index contributed by atoms with van der Waals surface area (Å²) >= 11 is 0. The summed E-state index contributed by atoms with van der Waals surface area (Å²) in [6, 6.07) is 6.60. The van der Waals surface area contributed by atoms with Crippen molar-refractivity contribution in [1.82, 2.24) is 14.8 Å². The number of hydrogen-bond acceptors (Lipinski definition) is 3. The molecule has 1 aliphatic heterocycles. The zero-order valence-corrected chi connectivity index (χ0v) is 15.7. The number of hydrogen-bond donors (Lipinski definition) is 2. The monoisotopic (exact) mass is 353 g/mol. The molecule has 0 unspecified atom stereocenters. The largest absolute Gasteiger partial charge is 0.394 e. The lowest BCUT2D eigenvalue weighted by Gasteiger charge is -2.39. The third-order valence-electron chi connectivity index (χ3n) is 5.97. The van der Waals surface area contributed by atoms with Gasteiger partial charge in [-0.25, -0.2) is 0 Å². The van der Waals surface area contributed by atoms with Gasteiger partial charge < -0.3 is 15.0 Å². The van der Waals surface area contributed by atoms with E-state index in [1.54, 1.807) is 0 Å². The number of benzene rings is 1. The summed E-state index contributed by atoms with van der Waals surface area (Å²) in [7, 11) is 4.20. The quantitative estimate of drug-likeness (QED) is 0.883. The molecule has 1 aromatic carbocycles. The average Bonchev–Trinajstić information content (AvgIpc) is 2.97. The molecule has 1 aliphatic carbocycles. The van der Waals surface area contributed by atoms with Crippen LogP contribution < -0.4 is 5.32 Å². The van der Waals surface area contributed by atoms with E-state index in [4.69, 9.17) is 0 Å². The fraction of sp³-hybridized carbons (Fsp3) is 0.476. The van der Waals surface area contributed by atoms with Crippen LogP contribution in [0, 0.1) is 5.92 Å². The second-order valence-corrected chi connectivity index (χ2v) is 7.65. The first-order chi connectivity index (χ1) is 12.5. The minimum atomic E-state index is -0.188. The Balaban J connectivity index is 1.74. The van der Waals surface area contributed by atoms with Gasteiger partial charge in [-0.15, -0.1) is 0 Å². The number of amides is 1. The number of aromatic nitrogens is 1. The van der Waals surface area contributed by atoms with Crippen LogP contribution in [0.3, 0.4) is 0 Å². The predicted molar refractivity (Wildman–Crippen MR) is 104 cm³/mol. The van der Waals surface area contributed by atoms with Crippen LogP contribution in [0.1, 0.15) is 24.5 Å². The SMILES string of the molecule is CC[C@H](CO)NC(=O)[C@@H]1C=C2c3cccc4c3c(cn4C)C[C@@H]2N(C)C1. The lowest BCUT2D eigenvalue weighted by molar-refractivity contribution is -0.125. The van der Waals surface area contributed by atoms with Crippen LogP contribution in [0.15, 0.2) is 30.5 Å². The van der Waals surface area contributed by atoms with Gasteiger partial charge in [-0.1, -0.05) is 25.1 Å². The first-order valence-corrected chi connectivity index (χ1v) is 9.44.